The summed E-state index contributed by atoms with van der Waals surface area (Å²) in [5.74, 6) is -0.731. The second-order valence-corrected chi connectivity index (χ2v) is 8.39. The molecule has 1 N–H and O–H groups in total. The number of thioether (sulfide) groups is 1. The van der Waals surface area contributed by atoms with Gasteiger partial charge in [-0.05, 0) is 80.6 Å². The summed E-state index contributed by atoms with van der Waals surface area (Å²) >= 11 is 1.42. The number of carbonyl (C=O) groups is 3. The molecule has 0 heterocycles. The first-order chi connectivity index (χ1) is 15.0. The lowest BCUT2D eigenvalue weighted by molar-refractivity contribution is -0.144. The van der Waals surface area contributed by atoms with E-state index in [9.17, 15) is 14.4 Å². The summed E-state index contributed by atoms with van der Waals surface area (Å²) in [5.41, 5.74) is 3.87. The number of nitrogens with zero attached hydrogens (tertiary/aromatic N) is 1. The SMILES string of the molecule is CCN(CC)C(=O)c1ccc(NC(=O)COC(=O)CSc2ccc3c(c2)CCC3)cc1. The lowest BCUT2D eigenvalue weighted by Gasteiger charge is -2.18. The lowest BCUT2D eigenvalue weighted by atomic mass is 10.1. The molecule has 0 bridgehead atoms. The van der Waals surface area contributed by atoms with Gasteiger partial charge in [-0.3, -0.25) is 14.4 Å². The van der Waals surface area contributed by atoms with Crippen LogP contribution < -0.4 is 5.32 Å². The Morgan fingerprint density at radius 3 is 2.42 bits per heavy atom. The molecule has 0 aliphatic heterocycles. The molecule has 0 saturated carbocycles. The zero-order chi connectivity index (χ0) is 22.2. The van der Waals surface area contributed by atoms with E-state index < -0.39 is 11.9 Å². The van der Waals surface area contributed by atoms with E-state index in [1.165, 1.54) is 29.3 Å². The average Bonchev–Trinajstić information content (AvgIpc) is 3.25. The normalized spacial score (nSPS) is 12.2. The van der Waals surface area contributed by atoms with E-state index in [2.05, 4.69) is 17.4 Å². The summed E-state index contributed by atoms with van der Waals surface area (Å²) in [6.07, 6.45) is 3.42. The highest BCUT2D eigenvalue weighted by Crippen LogP contribution is 2.27. The molecule has 3 rings (SSSR count). The molecular formula is C24H28N2O4S. The molecule has 2 aromatic carbocycles. The third-order valence-electron chi connectivity index (χ3n) is 5.26. The molecule has 2 amide bonds. The topological polar surface area (TPSA) is 75.7 Å². The Morgan fingerprint density at radius 2 is 1.71 bits per heavy atom. The van der Waals surface area contributed by atoms with Crippen molar-refractivity contribution in [3.63, 3.8) is 0 Å². The van der Waals surface area contributed by atoms with Gasteiger partial charge in [0.05, 0.1) is 5.75 Å². The van der Waals surface area contributed by atoms with Crippen LogP contribution in [0.1, 0.15) is 41.8 Å². The second-order valence-electron chi connectivity index (χ2n) is 7.34. The molecule has 0 unspecified atom stereocenters. The second kappa shape index (κ2) is 11.0. The Kier molecular flexibility index (Phi) is 8.12. The fraction of sp³-hybridized carbons (Fsp3) is 0.375. The highest BCUT2D eigenvalue weighted by atomic mass is 32.2. The fourth-order valence-corrected chi connectivity index (χ4v) is 4.31. The van der Waals surface area contributed by atoms with Gasteiger partial charge in [-0.15, -0.1) is 11.8 Å². The van der Waals surface area contributed by atoms with Crippen LogP contribution in [0, 0.1) is 0 Å². The average molecular weight is 441 g/mol. The van der Waals surface area contributed by atoms with Gasteiger partial charge in [0.15, 0.2) is 6.61 Å². The van der Waals surface area contributed by atoms with Gasteiger partial charge < -0.3 is 15.0 Å². The van der Waals surface area contributed by atoms with Crippen LogP contribution in [-0.4, -0.2) is 48.1 Å². The summed E-state index contributed by atoms with van der Waals surface area (Å²) in [6, 6.07) is 13.0. The van der Waals surface area contributed by atoms with E-state index in [0.29, 0.717) is 24.3 Å². The van der Waals surface area contributed by atoms with Gasteiger partial charge >= 0.3 is 5.97 Å². The van der Waals surface area contributed by atoms with Crippen LogP contribution in [0.2, 0.25) is 0 Å². The van der Waals surface area contributed by atoms with E-state index in [1.807, 2.05) is 19.9 Å². The summed E-state index contributed by atoms with van der Waals surface area (Å²) in [5, 5.41) is 2.67. The van der Waals surface area contributed by atoms with E-state index in [1.54, 1.807) is 29.2 Å². The van der Waals surface area contributed by atoms with Crippen molar-refractivity contribution in [2.75, 3.05) is 30.8 Å². The number of hydrogen-bond donors (Lipinski definition) is 1. The minimum Gasteiger partial charge on any atom is -0.455 e. The van der Waals surface area contributed by atoms with Crippen molar-refractivity contribution >= 4 is 35.2 Å². The molecule has 0 atom stereocenters. The number of benzene rings is 2. The molecule has 31 heavy (non-hydrogen) atoms. The number of amides is 2. The first kappa shape index (κ1) is 22.9. The third-order valence-corrected chi connectivity index (χ3v) is 6.22. The maximum Gasteiger partial charge on any atom is 0.316 e. The zero-order valence-corrected chi connectivity index (χ0v) is 18.8. The van der Waals surface area contributed by atoms with Gasteiger partial charge in [0, 0.05) is 29.2 Å². The Morgan fingerprint density at radius 1 is 1.00 bits per heavy atom. The molecule has 1 aliphatic carbocycles. The molecule has 0 aromatic heterocycles. The first-order valence-corrected chi connectivity index (χ1v) is 11.6. The van der Waals surface area contributed by atoms with E-state index >= 15 is 0 Å². The van der Waals surface area contributed by atoms with E-state index in [0.717, 1.165) is 17.7 Å². The van der Waals surface area contributed by atoms with Crippen molar-refractivity contribution in [2.45, 2.75) is 38.0 Å². The molecule has 164 valence electrons. The number of aryl methyl sites for hydroxylation is 2. The van der Waals surface area contributed by atoms with Crippen LogP contribution >= 0.6 is 11.8 Å². The van der Waals surface area contributed by atoms with Crippen molar-refractivity contribution in [2.24, 2.45) is 0 Å². The van der Waals surface area contributed by atoms with Gasteiger partial charge in [0.1, 0.15) is 0 Å². The highest BCUT2D eigenvalue weighted by Gasteiger charge is 2.14. The maximum atomic E-state index is 12.3. The molecule has 0 saturated heterocycles. The molecule has 2 aromatic rings. The van der Waals surface area contributed by atoms with Crippen LogP contribution in [-0.2, 0) is 27.2 Å². The van der Waals surface area contributed by atoms with E-state index in [-0.39, 0.29) is 18.3 Å². The summed E-state index contributed by atoms with van der Waals surface area (Å²) in [6.45, 7) is 4.81. The van der Waals surface area contributed by atoms with Crippen molar-refractivity contribution in [1.82, 2.24) is 4.90 Å². The van der Waals surface area contributed by atoms with Crippen LogP contribution in [0.4, 0.5) is 5.69 Å². The Bertz CT molecular complexity index is 939. The monoisotopic (exact) mass is 440 g/mol. The number of nitrogens with one attached hydrogen (secondary N) is 1. The fourth-order valence-electron chi connectivity index (χ4n) is 3.55. The molecular weight excluding hydrogens is 412 g/mol. The van der Waals surface area contributed by atoms with Crippen molar-refractivity contribution in [1.29, 1.82) is 0 Å². The summed E-state index contributed by atoms with van der Waals surface area (Å²) in [4.78, 5) is 39.1. The molecule has 7 heteroatoms. The maximum absolute atomic E-state index is 12.3. The smallest absolute Gasteiger partial charge is 0.316 e. The Labute approximate surface area is 187 Å². The molecule has 6 nitrogen and oxygen atoms in total. The van der Waals surface area contributed by atoms with Gasteiger partial charge in [-0.25, -0.2) is 0 Å². The molecule has 0 spiro atoms. The minimum absolute atomic E-state index is 0.0438. The largest absolute Gasteiger partial charge is 0.455 e. The lowest BCUT2D eigenvalue weighted by Crippen LogP contribution is -2.30. The zero-order valence-electron chi connectivity index (χ0n) is 18.0. The number of fused-ring (bicyclic) bond motifs is 1. The standard InChI is InChI=1S/C24H28N2O4S/c1-3-26(4-2)24(29)18-8-11-20(12-9-18)25-22(27)15-30-23(28)16-31-21-13-10-17-6-5-7-19(17)14-21/h8-14H,3-7,15-16H2,1-2H3,(H,25,27). The number of carbonyl (C=O) groups excluding carboxylic acids is 3. The van der Waals surface area contributed by atoms with E-state index in [4.69, 9.17) is 4.74 Å². The minimum atomic E-state index is -0.430. The number of anilines is 1. The third kappa shape index (κ3) is 6.34. The molecule has 0 fully saturated rings. The highest BCUT2D eigenvalue weighted by molar-refractivity contribution is 8.00. The number of hydrogen-bond acceptors (Lipinski definition) is 5. The predicted octanol–water partition coefficient (Wildman–Crippen LogP) is 3.93. The Balaban J connectivity index is 1.41. The summed E-state index contributed by atoms with van der Waals surface area (Å²) in [7, 11) is 0. The van der Waals surface area contributed by atoms with Crippen LogP contribution in [0.15, 0.2) is 47.4 Å². The molecule has 0 radical (unpaired) electrons. The van der Waals surface area contributed by atoms with Crippen molar-refractivity contribution in [3.05, 3.63) is 59.2 Å². The van der Waals surface area contributed by atoms with Crippen LogP contribution in [0.5, 0.6) is 0 Å². The quantitative estimate of drug-likeness (QED) is 0.472. The predicted molar refractivity (Wildman–Crippen MR) is 122 cm³/mol. The van der Waals surface area contributed by atoms with Gasteiger partial charge in [-0.2, -0.15) is 0 Å². The van der Waals surface area contributed by atoms with Crippen molar-refractivity contribution in [3.8, 4) is 0 Å². The van der Waals surface area contributed by atoms with Gasteiger partial charge in [0.25, 0.3) is 11.8 Å². The number of ether oxygens (including phenoxy) is 1. The van der Waals surface area contributed by atoms with Crippen molar-refractivity contribution < 1.29 is 19.1 Å². The number of esters is 1. The van der Waals surface area contributed by atoms with Gasteiger partial charge in [0.2, 0.25) is 0 Å². The summed E-state index contributed by atoms with van der Waals surface area (Å²) < 4.78 is 5.08. The first-order valence-electron chi connectivity index (χ1n) is 10.6. The van der Waals surface area contributed by atoms with Crippen LogP contribution in [0.25, 0.3) is 0 Å². The van der Waals surface area contributed by atoms with Gasteiger partial charge in [-0.1, -0.05) is 6.07 Å². The molecule has 1 aliphatic rings. The van der Waals surface area contributed by atoms with Crippen LogP contribution in [0.3, 0.4) is 0 Å². The Hall–Kier alpha value is -2.80. The number of rotatable bonds is 9.